The van der Waals surface area contributed by atoms with Gasteiger partial charge in [0.2, 0.25) is 5.91 Å². The van der Waals surface area contributed by atoms with Crippen LogP contribution in [0.25, 0.3) is 0 Å². The van der Waals surface area contributed by atoms with Gasteiger partial charge in [0.05, 0.1) is 25.2 Å². The summed E-state index contributed by atoms with van der Waals surface area (Å²) >= 11 is 0. The van der Waals surface area contributed by atoms with Crippen molar-refractivity contribution < 1.29 is 33.2 Å². The van der Waals surface area contributed by atoms with Gasteiger partial charge in [-0.1, -0.05) is 34.1 Å². The zero-order chi connectivity index (χ0) is 29.6. The van der Waals surface area contributed by atoms with Crippen molar-refractivity contribution in [3.63, 3.8) is 0 Å². The lowest BCUT2D eigenvalue weighted by molar-refractivity contribution is -0.133. The first-order valence-corrected chi connectivity index (χ1v) is 16.8. The van der Waals surface area contributed by atoms with E-state index in [-0.39, 0.29) is 30.1 Å². The number of alkyl carbamates (subject to hydrolysis) is 1. The molecule has 0 spiro atoms. The second-order valence-electron chi connectivity index (χ2n) is 12.8. The molecule has 39 heavy (non-hydrogen) atoms. The van der Waals surface area contributed by atoms with E-state index in [1.54, 1.807) is 20.8 Å². The zero-order valence-corrected chi connectivity index (χ0v) is 26.1. The number of ether oxygens (including phenoxy) is 1. The number of rotatable bonds is 11. The quantitative estimate of drug-likeness (QED) is 0.196. The number of piperidine rings is 1. The minimum absolute atomic E-state index is 0.0706. The van der Waals surface area contributed by atoms with Crippen molar-refractivity contribution in [2.24, 2.45) is 0 Å². The van der Waals surface area contributed by atoms with Crippen LogP contribution in [0.2, 0.25) is 18.1 Å². The van der Waals surface area contributed by atoms with Crippen LogP contribution in [-0.2, 0) is 23.6 Å². The molecule has 0 aromatic carbocycles. The number of carbonyl (C=O) groups is 4. The summed E-state index contributed by atoms with van der Waals surface area (Å²) < 4.78 is 11.7. The summed E-state index contributed by atoms with van der Waals surface area (Å²) in [7, 11) is -2.28. The number of hydrogen-bond donors (Lipinski definition) is 3. The number of carbonyl (C=O) groups excluding carboxylic acids is 4. The van der Waals surface area contributed by atoms with E-state index in [1.807, 2.05) is 6.92 Å². The maximum atomic E-state index is 12.9. The third kappa shape index (κ3) is 9.64. The molecule has 2 rings (SSSR count). The maximum Gasteiger partial charge on any atom is 0.407 e. The molecule has 0 aliphatic carbocycles. The molecule has 13 heteroatoms. The van der Waals surface area contributed by atoms with Gasteiger partial charge in [0.15, 0.2) is 8.32 Å². The van der Waals surface area contributed by atoms with Crippen LogP contribution < -0.4 is 16.2 Å². The van der Waals surface area contributed by atoms with Crippen molar-refractivity contribution in [1.82, 2.24) is 26.1 Å². The maximum absolute atomic E-state index is 12.9. The highest BCUT2D eigenvalue weighted by Crippen LogP contribution is 2.37. The Balaban J connectivity index is 1.95. The predicted molar refractivity (Wildman–Crippen MR) is 149 cm³/mol. The third-order valence-electron chi connectivity index (χ3n) is 7.23. The van der Waals surface area contributed by atoms with Crippen molar-refractivity contribution in [2.45, 2.75) is 122 Å². The van der Waals surface area contributed by atoms with Gasteiger partial charge in [-0.3, -0.25) is 25.3 Å². The van der Waals surface area contributed by atoms with Crippen molar-refractivity contribution in [3.8, 4) is 0 Å². The van der Waals surface area contributed by atoms with Gasteiger partial charge >= 0.3 is 12.1 Å². The van der Waals surface area contributed by atoms with Crippen LogP contribution in [0.1, 0.15) is 80.6 Å². The highest BCUT2D eigenvalue weighted by Gasteiger charge is 2.48. The summed E-state index contributed by atoms with van der Waals surface area (Å²) in [5.74, 6) is -0.927. The Morgan fingerprint density at radius 3 is 2.33 bits per heavy atom. The molecule has 2 heterocycles. The highest BCUT2D eigenvalue weighted by molar-refractivity contribution is 6.74. The number of hydroxylamine groups is 2. The Bertz CT molecular complexity index is 887. The number of hydrazine groups is 1. The first-order valence-electron chi connectivity index (χ1n) is 13.9. The van der Waals surface area contributed by atoms with E-state index in [0.717, 1.165) is 12.8 Å². The lowest BCUT2D eigenvalue weighted by Crippen LogP contribution is -2.55. The van der Waals surface area contributed by atoms with E-state index in [2.05, 4.69) is 50.0 Å². The van der Waals surface area contributed by atoms with Gasteiger partial charge in [-0.15, -0.1) is 0 Å². The average molecular weight is 572 g/mol. The van der Waals surface area contributed by atoms with Crippen LogP contribution in [0.15, 0.2) is 0 Å². The molecular formula is C26H49N5O7Si. The minimum atomic E-state index is -2.28. The molecule has 3 N–H and O–H groups in total. The number of nitrogens with zero attached hydrogens (tertiary/aromatic N) is 2. The van der Waals surface area contributed by atoms with Crippen LogP contribution >= 0.6 is 0 Å². The number of urea groups is 1. The van der Waals surface area contributed by atoms with E-state index >= 15 is 0 Å². The van der Waals surface area contributed by atoms with Gasteiger partial charge in [0, 0.05) is 13.1 Å². The normalized spacial score (nSPS) is 20.5. The summed E-state index contributed by atoms with van der Waals surface area (Å²) in [6.45, 7) is 18.7. The number of fused-ring (bicyclic) bond motifs is 2. The lowest BCUT2D eigenvalue weighted by atomic mass is 10.0. The molecule has 0 aromatic rings. The summed E-state index contributed by atoms with van der Waals surface area (Å²) in [6, 6.07) is -1.09. The molecule has 2 aliphatic rings. The molecule has 0 radical (unpaired) electrons. The SMILES string of the molecule is CCCCON1C(=O)N2C[C@@H]1CC[C@H]2C(=O)NNC(=O)CC(CNC(=O)OC(C)(C)C)O[Si](C)(C)C(C)(C)C. The van der Waals surface area contributed by atoms with Crippen molar-refractivity contribution in [1.29, 1.82) is 0 Å². The molecule has 12 nitrogen and oxygen atoms in total. The Labute approximate surface area is 233 Å². The molecule has 0 saturated carbocycles. The van der Waals surface area contributed by atoms with E-state index in [4.69, 9.17) is 14.0 Å². The Morgan fingerprint density at radius 1 is 1.08 bits per heavy atom. The van der Waals surface area contributed by atoms with Crippen molar-refractivity contribution in [2.75, 3.05) is 19.7 Å². The van der Waals surface area contributed by atoms with E-state index in [1.165, 1.54) is 9.96 Å². The Kier molecular flexibility index (Phi) is 11.2. The summed E-state index contributed by atoms with van der Waals surface area (Å²) in [4.78, 5) is 57.9. The van der Waals surface area contributed by atoms with E-state index < -0.39 is 44.0 Å². The van der Waals surface area contributed by atoms with Gasteiger partial charge in [-0.25, -0.2) is 9.59 Å². The Morgan fingerprint density at radius 2 is 1.74 bits per heavy atom. The summed E-state index contributed by atoms with van der Waals surface area (Å²) in [5.41, 5.74) is 4.27. The van der Waals surface area contributed by atoms with Gasteiger partial charge in [-0.05, 0) is 58.2 Å². The molecule has 2 saturated heterocycles. The van der Waals surface area contributed by atoms with Crippen LogP contribution in [0.5, 0.6) is 0 Å². The first kappa shape index (κ1) is 32.8. The highest BCUT2D eigenvalue weighted by atomic mass is 28.4. The van der Waals surface area contributed by atoms with Crippen LogP contribution in [0, 0.1) is 0 Å². The molecule has 5 amide bonds. The van der Waals surface area contributed by atoms with Gasteiger partial charge in [-0.2, -0.15) is 5.06 Å². The van der Waals surface area contributed by atoms with Crippen LogP contribution in [0.4, 0.5) is 9.59 Å². The van der Waals surface area contributed by atoms with E-state index in [9.17, 15) is 19.2 Å². The zero-order valence-electron chi connectivity index (χ0n) is 25.1. The predicted octanol–water partition coefficient (Wildman–Crippen LogP) is 3.44. The fraction of sp³-hybridized carbons (Fsp3) is 0.846. The van der Waals surface area contributed by atoms with Crippen LogP contribution in [0.3, 0.4) is 0 Å². The van der Waals surface area contributed by atoms with E-state index in [0.29, 0.717) is 26.0 Å². The summed E-state index contributed by atoms with van der Waals surface area (Å²) in [6.07, 6.45) is 1.61. The largest absolute Gasteiger partial charge is 0.444 e. The number of nitrogens with one attached hydrogen (secondary N) is 3. The molecule has 3 atom stereocenters. The fourth-order valence-electron chi connectivity index (χ4n) is 4.11. The second-order valence-corrected chi connectivity index (χ2v) is 17.6. The standard InChI is InChI=1S/C26H49N5O7Si/c1-10-11-14-36-31-18-12-13-20(30(17-18)24(31)35)22(33)29-28-21(32)15-19(38-39(8,9)26(5,6)7)16-27-23(34)37-25(2,3)4/h18-20H,10-17H2,1-9H3,(H,27,34)(H,28,32)(H,29,33)/t18-,19?,20-/m0/s1. The smallest absolute Gasteiger partial charge is 0.407 e. The monoisotopic (exact) mass is 571 g/mol. The van der Waals surface area contributed by atoms with Crippen LogP contribution in [-0.4, -0.2) is 85.7 Å². The molecule has 2 bridgehead atoms. The number of amides is 5. The minimum Gasteiger partial charge on any atom is -0.444 e. The number of hydrogen-bond acceptors (Lipinski definition) is 7. The molecule has 224 valence electrons. The molecule has 2 aliphatic heterocycles. The second kappa shape index (κ2) is 13.3. The van der Waals surface area contributed by atoms with Gasteiger partial charge in [0.25, 0.3) is 5.91 Å². The van der Waals surface area contributed by atoms with Gasteiger partial charge in [0.1, 0.15) is 11.6 Å². The molecular weight excluding hydrogens is 522 g/mol. The van der Waals surface area contributed by atoms with Gasteiger partial charge < -0.3 is 19.4 Å². The first-order chi connectivity index (χ1) is 17.9. The topological polar surface area (TPSA) is 139 Å². The molecule has 2 fully saturated rings. The number of unbranched alkanes of at least 4 members (excludes halogenated alkanes) is 1. The lowest BCUT2D eigenvalue weighted by Gasteiger charge is -2.39. The summed E-state index contributed by atoms with van der Waals surface area (Å²) in [5, 5.41) is 3.97. The molecule has 1 unspecified atom stereocenters. The third-order valence-corrected chi connectivity index (χ3v) is 11.8. The van der Waals surface area contributed by atoms with Crippen molar-refractivity contribution in [3.05, 3.63) is 0 Å². The molecule has 0 aromatic heterocycles. The fourth-order valence-corrected chi connectivity index (χ4v) is 5.46. The average Bonchev–Trinajstić information content (AvgIpc) is 3.03. The Hall–Kier alpha value is -2.38. The van der Waals surface area contributed by atoms with Crippen molar-refractivity contribution >= 4 is 32.3 Å².